The van der Waals surface area contributed by atoms with Crippen LogP contribution < -0.4 is 14.8 Å². The summed E-state index contributed by atoms with van der Waals surface area (Å²) in [6.45, 7) is 0.741. The number of pyridine rings is 2. The van der Waals surface area contributed by atoms with Gasteiger partial charge in [0.1, 0.15) is 12.2 Å². The third-order valence-corrected chi connectivity index (χ3v) is 4.39. The fourth-order valence-electron chi connectivity index (χ4n) is 2.99. The molecule has 0 bridgehead atoms. The zero-order valence-corrected chi connectivity index (χ0v) is 14.3. The molecule has 1 N–H and O–H groups in total. The van der Waals surface area contributed by atoms with Gasteiger partial charge in [-0.25, -0.2) is 9.97 Å². The molecule has 1 fully saturated rings. The Bertz CT molecular complexity index is 719. The molecule has 0 unspecified atom stereocenters. The lowest BCUT2D eigenvalue weighted by molar-refractivity contribution is 0.134. The first-order valence-electron chi connectivity index (χ1n) is 8.53. The molecule has 0 radical (unpaired) electrons. The highest BCUT2D eigenvalue weighted by atomic mass is 16.5. The van der Waals surface area contributed by atoms with E-state index in [0.717, 1.165) is 37.9 Å². The second-order valence-corrected chi connectivity index (χ2v) is 6.14. The average molecular weight is 338 g/mol. The van der Waals surface area contributed by atoms with Gasteiger partial charge in [-0.05, 0) is 37.8 Å². The molecule has 0 atom stereocenters. The van der Waals surface area contributed by atoms with Gasteiger partial charge in [0.25, 0.3) is 0 Å². The van der Waals surface area contributed by atoms with Crippen LogP contribution in [0.1, 0.15) is 36.9 Å². The van der Waals surface area contributed by atoms with E-state index in [1.54, 1.807) is 25.4 Å². The van der Waals surface area contributed by atoms with Crippen LogP contribution in [-0.2, 0) is 6.54 Å². The first-order valence-corrected chi connectivity index (χ1v) is 8.53. The summed E-state index contributed by atoms with van der Waals surface area (Å²) in [5.41, 5.74) is 1.53. The van der Waals surface area contributed by atoms with Crippen LogP contribution >= 0.6 is 0 Å². The summed E-state index contributed by atoms with van der Waals surface area (Å²) in [5, 5.41) is 12.4. The van der Waals surface area contributed by atoms with E-state index in [9.17, 15) is 0 Å². The van der Waals surface area contributed by atoms with Gasteiger partial charge in [0, 0.05) is 30.9 Å². The van der Waals surface area contributed by atoms with Crippen LogP contribution in [0.3, 0.4) is 0 Å². The minimum atomic E-state index is 0.188. The smallest absolute Gasteiger partial charge is 0.213 e. The fraction of sp³-hybridized carbons (Fsp3) is 0.421. The highest BCUT2D eigenvalue weighted by Crippen LogP contribution is 2.23. The van der Waals surface area contributed by atoms with Gasteiger partial charge >= 0.3 is 0 Å². The number of rotatable bonds is 6. The van der Waals surface area contributed by atoms with E-state index in [2.05, 4.69) is 21.4 Å². The summed E-state index contributed by atoms with van der Waals surface area (Å²) < 4.78 is 11.1. The number of ether oxygens (including phenoxy) is 2. The SMILES string of the molecule is COc1cccc(CNC2CCC(Oc3ccc(C#N)cn3)CC2)n1. The van der Waals surface area contributed by atoms with Crippen molar-refractivity contribution in [2.24, 2.45) is 0 Å². The molecule has 1 aliphatic rings. The number of nitrogens with zero attached hydrogens (tertiary/aromatic N) is 3. The largest absolute Gasteiger partial charge is 0.481 e. The van der Waals surface area contributed by atoms with E-state index in [1.807, 2.05) is 18.2 Å². The summed E-state index contributed by atoms with van der Waals surface area (Å²) >= 11 is 0. The predicted molar refractivity (Wildman–Crippen MR) is 93.3 cm³/mol. The molecule has 0 spiro atoms. The lowest BCUT2D eigenvalue weighted by Gasteiger charge is -2.29. The Balaban J connectivity index is 1.43. The normalized spacial score (nSPS) is 19.8. The van der Waals surface area contributed by atoms with Crippen molar-refractivity contribution in [1.82, 2.24) is 15.3 Å². The number of nitrogens with one attached hydrogen (secondary N) is 1. The molecule has 2 aromatic rings. The maximum Gasteiger partial charge on any atom is 0.213 e. The summed E-state index contributed by atoms with van der Waals surface area (Å²) in [4.78, 5) is 8.59. The molecule has 0 amide bonds. The first kappa shape index (κ1) is 17.2. The van der Waals surface area contributed by atoms with E-state index >= 15 is 0 Å². The Kier molecular flexibility index (Phi) is 5.81. The first-order chi connectivity index (χ1) is 12.3. The minimum Gasteiger partial charge on any atom is -0.481 e. The Hall–Kier alpha value is -2.65. The van der Waals surface area contributed by atoms with Crippen LogP contribution in [0.4, 0.5) is 0 Å². The predicted octanol–water partition coefficient (Wildman–Crippen LogP) is 2.84. The second-order valence-electron chi connectivity index (χ2n) is 6.14. The van der Waals surface area contributed by atoms with Crippen molar-refractivity contribution in [2.75, 3.05) is 7.11 Å². The number of methoxy groups -OCH3 is 1. The van der Waals surface area contributed by atoms with E-state index in [4.69, 9.17) is 14.7 Å². The Morgan fingerprint density at radius 3 is 2.68 bits per heavy atom. The summed E-state index contributed by atoms with van der Waals surface area (Å²) in [5.74, 6) is 1.24. The van der Waals surface area contributed by atoms with Crippen LogP contribution in [0.5, 0.6) is 11.8 Å². The number of hydrogen-bond donors (Lipinski definition) is 1. The van der Waals surface area contributed by atoms with Crippen LogP contribution in [0.15, 0.2) is 36.5 Å². The summed E-state index contributed by atoms with van der Waals surface area (Å²) in [7, 11) is 1.63. The van der Waals surface area contributed by atoms with Crippen LogP contribution in [0, 0.1) is 11.3 Å². The van der Waals surface area contributed by atoms with Crippen molar-refractivity contribution in [1.29, 1.82) is 5.26 Å². The molecule has 1 aliphatic carbocycles. The summed E-state index contributed by atoms with van der Waals surface area (Å²) in [6.07, 6.45) is 5.84. The second kappa shape index (κ2) is 8.45. The van der Waals surface area contributed by atoms with Crippen molar-refractivity contribution in [3.05, 3.63) is 47.8 Å². The van der Waals surface area contributed by atoms with Gasteiger partial charge in [-0.3, -0.25) is 0 Å². The van der Waals surface area contributed by atoms with Gasteiger partial charge in [0.2, 0.25) is 11.8 Å². The third-order valence-electron chi connectivity index (χ3n) is 4.39. The Morgan fingerprint density at radius 2 is 2.00 bits per heavy atom. The van der Waals surface area contributed by atoms with Crippen LogP contribution in [0.25, 0.3) is 0 Å². The van der Waals surface area contributed by atoms with Gasteiger partial charge in [0.15, 0.2) is 0 Å². The molecule has 130 valence electrons. The molecular weight excluding hydrogens is 316 g/mol. The minimum absolute atomic E-state index is 0.188. The zero-order valence-electron chi connectivity index (χ0n) is 14.3. The van der Waals surface area contributed by atoms with E-state index in [1.165, 1.54) is 0 Å². The van der Waals surface area contributed by atoms with E-state index in [-0.39, 0.29) is 6.10 Å². The van der Waals surface area contributed by atoms with Crippen molar-refractivity contribution >= 4 is 0 Å². The Labute approximate surface area is 147 Å². The maximum atomic E-state index is 8.79. The van der Waals surface area contributed by atoms with E-state index < -0.39 is 0 Å². The third kappa shape index (κ3) is 4.91. The quantitative estimate of drug-likeness (QED) is 0.872. The van der Waals surface area contributed by atoms with Crippen LogP contribution in [-0.4, -0.2) is 29.2 Å². The maximum absolute atomic E-state index is 8.79. The number of nitriles is 1. The monoisotopic (exact) mass is 338 g/mol. The lowest BCUT2D eigenvalue weighted by Crippen LogP contribution is -2.36. The molecule has 2 heterocycles. The lowest BCUT2D eigenvalue weighted by atomic mass is 9.93. The average Bonchev–Trinajstić information content (AvgIpc) is 2.68. The molecule has 0 aromatic carbocycles. The standard InChI is InChI=1S/C19H22N4O2/c1-24-19-4-2-3-16(23-19)13-21-15-6-8-17(9-7-15)25-18-10-5-14(11-20)12-22-18/h2-5,10,12,15,17,21H,6-9,13H2,1H3. The molecule has 25 heavy (non-hydrogen) atoms. The van der Waals surface area contributed by atoms with Crippen molar-refractivity contribution in [3.8, 4) is 17.8 Å². The molecule has 2 aromatic heterocycles. The molecule has 3 rings (SSSR count). The zero-order chi connectivity index (χ0) is 17.5. The highest BCUT2D eigenvalue weighted by Gasteiger charge is 2.22. The van der Waals surface area contributed by atoms with Gasteiger partial charge in [0.05, 0.1) is 18.4 Å². The molecule has 0 saturated heterocycles. The van der Waals surface area contributed by atoms with E-state index in [0.29, 0.717) is 23.4 Å². The van der Waals surface area contributed by atoms with Gasteiger partial charge in [-0.2, -0.15) is 5.26 Å². The van der Waals surface area contributed by atoms with Crippen molar-refractivity contribution in [3.63, 3.8) is 0 Å². The van der Waals surface area contributed by atoms with Gasteiger partial charge in [-0.15, -0.1) is 0 Å². The molecular formula is C19H22N4O2. The Morgan fingerprint density at radius 1 is 1.16 bits per heavy atom. The van der Waals surface area contributed by atoms with Gasteiger partial charge in [-0.1, -0.05) is 6.07 Å². The molecule has 0 aliphatic heterocycles. The number of hydrogen-bond acceptors (Lipinski definition) is 6. The van der Waals surface area contributed by atoms with Crippen molar-refractivity contribution < 1.29 is 9.47 Å². The van der Waals surface area contributed by atoms with Crippen LogP contribution in [0.2, 0.25) is 0 Å². The fourth-order valence-corrected chi connectivity index (χ4v) is 2.99. The molecule has 1 saturated carbocycles. The molecule has 6 nitrogen and oxygen atoms in total. The molecule has 6 heteroatoms. The highest BCUT2D eigenvalue weighted by molar-refractivity contribution is 5.28. The summed E-state index contributed by atoms with van der Waals surface area (Å²) in [6, 6.07) is 11.8. The topological polar surface area (TPSA) is 80.1 Å². The van der Waals surface area contributed by atoms with Crippen molar-refractivity contribution in [2.45, 2.75) is 44.4 Å². The number of aromatic nitrogens is 2. The van der Waals surface area contributed by atoms with Gasteiger partial charge < -0.3 is 14.8 Å².